The second-order valence-corrected chi connectivity index (χ2v) is 5.17. The summed E-state index contributed by atoms with van der Waals surface area (Å²) in [5.74, 6) is -1.32. The van der Waals surface area contributed by atoms with E-state index in [-0.39, 0.29) is 24.9 Å². The van der Waals surface area contributed by atoms with Gasteiger partial charge in [-0.25, -0.2) is 4.98 Å². The molecule has 0 saturated carbocycles. The minimum atomic E-state index is -0.852. The lowest BCUT2D eigenvalue weighted by molar-refractivity contribution is -0.129. The molecule has 1 aliphatic heterocycles. The van der Waals surface area contributed by atoms with Crippen LogP contribution in [-0.4, -0.2) is 52.9 Å². The van der Waals surface area contributed by atoms with Crippen molar-refractivity contribution in [2.24, 2.45) is 5.73 Å². The molecule has 22 heavy (non-hydrogen) atoms. The van der Waals surface area contributed by atoms with Gasteiger partial charge >= 0.3 is 0 Å². The Morgan fingerprint density at radius 3 is 2.86 bits per heavy atom. The number of carbonyl (C=O) groups excluding carboxylic acids is 3. The van der Waals surface area contributed by atoms with Gasteiger partial charge in [-0.05, 0) is 19.4 Å². The number of nitrogens with one attached hydrogen (secondary N) is 4. The van der Waals surface area contributed by atoms with Crippen LogP contribution in [0.2, 0.25) is 0 Å². The maximum atomic E-state index is 11.8. The Labute approximate surface area is 127 Å². The van der Waals surface area contributed by atoms with Gasteiger partial charge in [-0.3, -0.25) is 14.4 Å². The first kappa shape index (κ1) is 16.0. The molecule has 3 amide bonds. The second kappa shape index (κ2) is 7.55. The van der Waals surface area contributed by atoms with Crippen molar-refractivity contribution in [3.05, 3.63) is 18.2 Å². The number of hydrogen-bond donors (Lipinski definition) is 5. The Hall–Kier alpha value is -2.42. The zero-order chi connectivity index (χ0) is 15.9. The van der Waals surface area contributed by atoms with Crippen molar-refractivity contribution >= 4 is 17.7 Å². The molecule has 2 rings (SSSR count). The molecule has 1 fully saturated rings. The molecular formula is C13H20N6O3. The lowest BCUT2D eigenvalue weighted by atomic mass is 10.1. The lowest BCUT2D eigenvalue weighted by Crippen LogP contribution is -2.50. The first-order chi connectivity index (χ1) is 10.6. The maximum absolute atomic E-state index is 11.8. The molecular weight excluding hydrogens is 288 g/mol. The number of nitrogens with two attached hydrogens (primary N) is 1. The van der Waals surface area contributed by atoms with Gasteiger partial charge in [0.1, 0.15) is 6.04 Å². The van der Waals surface area contributed by atoms with E-state index < -0.39 is 17.9 Å². The predicted octanol–water partition coefficient (Wildman–Crippen LogP) is -2.21. The van der Waals surface area contributed by atoms with E-state index in [0.717, 1.165) is 19.4 Å². The third kappa shape index (κ3) is 4.55. The fourth-order valence-electron chi connectivity index (χ4n) is 2.28. The fraction of sp³-hybridized carbons (Fsp3) is 0.538. The van der Waals surface area contributed by atoms with E-state index in [1.165, 1.54) is 6.33 Å². The summed E-state index contributed by atoms with van der Waals surface area (Å²) in [6.07, 6.45) is 4.95. The van der Waals surface area contributed by atoms with Crippen molar-refractivity contribution in [3.8, 4) is 0 Å². The van der Waals surface area contributed by atoms with Gasteiger partial charge in [0.25, 0.3) is 0 Å². The molecule has 0 radical (unpaired) electrons. The van der Waals surface area contributed by atoms with Crippen molar-refractivity contribution in [2.45, 2.75) is 31.3 Å². The molecule has 1 aromatic heterocycles. The van der Waals surface area contributed by atoms with Crippen molar-refractivity contribution in [1.29, 1.82) is 0 Å². The molecule has 6 N–H and O–H groups in total. The molecule has 0 aromatic carbocycles. The third-order valence-corrected chi connectivity index (χ3v) is 3.46. The Balaban J connectivity index is 1.78. The van der Waals surface area contributed by atoms with Gasteiger partial charge in [0.15, 0.2) is 0 Å². The minimum absolute atomic E-state index is 0.191. The Morgan fingerprint density at radius 2 is 2.27 bits per heavy atom. The van der Waals surface area contributed by atoms with Crippen LogP contribution in [-0.2, 0) is 20.8 Å². The molecule has 0 aliphatic carbocycles. The summed E-state index contributed by atoms with van der Waals surface area (Å²) in [6, 6.07) is -1.10. The topological polar surface area (TPSA) is 142 Å². The standard InChI is InChI=1S/C13H20N6O3/c14-12(21)10(4-8-5-15-7-18-8)19-11(20)6-17-13(22)9-2-1-3-16-9/h5,7,9-10,16H,1-4,6H2,(H2,14,21)(H,15,18)(H,17,22)(H,19,20)/t9-,10-/m0/s1. The van der Waals surface area contributed by atoms with Crippen LogP contribution in [0, 0.1) is 0 Å². The Bertz CT molecular complexity index is 524. The molecule has 9 nitrogen and oxygen atoms in total. The van der Waals surface area contributed by atoms with Crippen LogP contribution in [0.3, 0.4) is 0 Å². The molecule has 1 aliphatic rings. The Kier molecular flexibility index (Phi) is 5.48. The van der Waals surface area contributed by atoms with Crippen LogP contribution in [0.15, 0.2) is 12.5 Å². The van der Waals surface area contributed by atoms with Crippen LogP contribution >= 0.6 is 0 Å². The van der Waals surface area contributed by atoms with E-state index in [1.807, 2.05) is 0 Å². The third-order valence-electron chi connectivity index (χ3n) is 3.46. The summed E-state index contributed by atoms with van der Waals surface area (Å²) in [5.41, 5.74) is 5.96. The van der Waals surface area contributed by atoms with Crippen molar-refractivity contribution < 1.29 is 14.4 Å². The average molecular weight is 308 g/mol. The molecule has 2 atom stereocenters. The summed E-state index contributed by atoms with van der Waals surface area (Å²) in [6.45, 7) is 0.613. The zero-order valence-corrected chi connectivity index (χ0v) is 12.1. The van der Waals surface area contributed by atoms with Gasteiger partial charge in [0.2, 0.25) is 17.7 Å². The van der Waals surface area contributed by atoms with Crippen molar-refractivity contribution in [2.75, 3.05) is 13.1 Å². The quantitative estimate of drug-likeness (QED) is 0.388. The second-order valence-electron chi connectivity index (χ2n) is 5.17. The number of nitrogens with zero attached hydrogens (tertiary/aromatic N) is 1. The highest BCUT2D eigenvalue weighted by molar-refractivity contribution is 5.90. The van der Waals surface area contributed by atoms with E-state index in [4.69, 9.17) is 5.73 Å². The summed E-state index contributed by atoms with van der Waals surface area (Å²) in [4.78, 5) is 41.6. The molecule has 2 heterocycles. The van der Waals surface area contributed by atoms with Gasteiger partial charge in [-0.2, -0.15) is 0 Å². The van der Waals surface area contributed by atoms with Gasteiger partial charge in [-0.1, -0.05) is 0 Å². The summed E-state index contributed by atoms with van der Waals surface area (Å²) in [7, 11) is 0. The number of rotatable bonds is 7. The molecule has 0 spiro atoms. The molecule has 0 unspecified atom stereocenters. The van der Waals surface area contributed by atoms with Crippen LogP contribution in [0.25, 0.3) is 0 Å². The van der Waals surface area contributed by atoms with E-state index >= 15 is 0 Å². The van der Waals surface area contributed by atoms with Crippen LogP contribution < -0.4 is 21.7 Å². The first-order valence-corrected chi connectivity index (χ1v) is 7.13. The predicted molar refractivity (Wildman–Crippen MR) is 77.5 cm³/mol. The number of hydrogen-bond acceptors (Lipinski definition) is 5. The molecule has 120 valence electrons. The Morgan fingerprint density at radius 1 is 1.45 bits per heavy atom. The highest BCUT2D eigenvalue weighted by atomic mass is 16.2. The largest absolute Gasteiger partial charge is 0.368 e. The molecule has 9 heteroatoms. The highest BCUT2D eigenvalue weighted by Crippen LogP contribution is 2.04. The molecule has 0 bridgehead atoms. The maximum Gasteiger partial charge on any atom is 0.240 e. The monoisotopic (exact) mass is 308 g/mol. The van der Waals surface area contributed by atoms with Gasteiger partial charge in [-0.15, -0.1) is 0 Å². The smallest absolute Gasteiger partial charge is 0.240 e. The van der Waals surface area contributed by atoms with Crippen LogP contribution in [0.1, 0.15) is 18.5 Å². The van der Waals surface area contributed by atoms with Gasteiger partial charge < -0.3 is 26.7 Å². The number of aromatic amines is 1. The fourth-order valence-corrected chi connectivity index (χ4v) is 2.28. The first-order valence-electron chi connectivity index (χ1n) is 7.13. The van der Waals surface area contributed by atoms with Crippen molar-refractivity contribution in [3.63, 3.8) is 0 Å². The van der Waals surface area contributed by atoms with E-state index in [1.54, 1.807) is 6.20 Å². The number of carbonyl (C=O) groups is 3. The number of primary amides is 1. The number of H-pyrrole nitrogens is 1. The number of amides is 3. The van der Waals surface area contributed by atoms with E-state index in [9.17, 15) is 14.4 Å². The summed E-state index contributed by atoms with van der Waals surface area (Å²) < 4.78 is 0. The van der Waals surface area contributed by atoms with E-state index in [2.05, 4.69) is 25.9 Å². The zero-order valence-electron chi connectivity index (χ0n) is 12.1. The number of aromatic nitrogens is 2. The summed E-state index contributed by atoms with van der Waals surface area (Å²) >= 11 is 0. The average Bonchev–Trinajstić information content (AvgIpc) is 3.16. The highest BCUT2D eigenvalue weighted by Gasteiger charge is 2.23. The molecule has 1 aromatic rings. The van der Waals surface area contributed by atoms with E-state index in [0.29, 0.717) is 5.69 Å². The van der Waals surface area contributed by atoms with Gasteiger partial charge in [0.05, 0.1) is 18.9 Å². The minimum Gasteiger partial charge on any atom is -0.368 e. The van der Waals surface area contributed by atoms with Gasteiger partial charge in [0, 0.05) is 18.3 Å². The number of imidazole rings is 1. The normalized spacial score (nSPS) is 18.6. The van der Waals surface area contributed by atoms with Crippen LogP contribution in [0.4, 0.5) is 0 Å². The van der Waals surface area contributed by atoms with Crippen molar-refractivity contribution in [1.82, 2.24) is 25.9 Å². The molecule has 1 saturated heterocycles. The lowest BCUT2D eigenvalue weighted by Gasteiger charge is -2.16. The summed E-state index contributed by atoms with van der Waals surface area (Å²) in [5, 5.41) is 8.09. The van der Waals surface area contributed by atoms with Crippen LogP contribution in [0.5, 0.6) is 0 Å². The SMILES string of the molecule is NC(=O)[C@H](Cc1cnc[nH]1)NC(=O)CNC(=O)[C@@H]1CCCN1.